The molecular weight excluding hydrogens is 262 g/mol. The lowest BCUT2D eigenvalue weighted by atomic mass is 9.93. The molecule has 1 aliphatic rings. The molecule has 3 heteroatoms. The van der Waals surface area contributed by atoms with Crippen molar-refractivity contribution < 1.29 is 9.21 Å². The Labute approximate surface area is 122 Å². The fraction of sp³-hybridized carbons (Fsp3) is 0.167. The van der Waals surface area contributed by atoms with Crippen LogP contribution in [-0.4, -0.2) is 5.78 Å². The van der Waals surface area contributed by atoms with E-state index in [0.29, 0.717) is 17.9 Å². The molecule has 0 amide bonds. The van der Waals surface area contributed by atoms with Gasteiger partial charge in [0.2, 0.25) is 5.88 Å². The lowest BCUT2D eigenvalue weighted by molar-refractivity contribution is 0.0972. The van der Waals surface area contributed by atoms with Crippen LogP contribution < -0.4 is 5.32 Å². The third-order valence-electron chi connectivity index (χ3n) is 4.05. The first-order valence-electron chi connectivity index (χ1n) is 7.10. The number of furan rings is 1. The second kappa shape index (κ2) is 4.48. The quantitative estimate of drug-likeness (QED) is 0.713. The number of Topliss-reactive ketones (excluding diaryl/α,β-unsaturated/α-hetero) is 1. The SMILES string of the molecule is Cc1ccc(C2CC(=O)c3c(oc4ccccc34)N2)cc1. The summed E-state index contributed by atoms with van der Waals surface area (Å²) >= 11 is 0. The maximum absolute atomic E-state index is 12.5. The Balaban J connectivity index is 1.78. The van der Waals surface area contributed by atoms with Gasteiger partial charge in [-0.1, -0.05) is 48.0 Å². The van der Waals surface area contributed by atoms with Gasteiger partial charge in [0.25, 0.3) is 0 Å². The number of para-hydroxylation sites is 1. The van der Waals surface area contributed by atoms with Crippen LogP contribution in [0, 0.1) is 6.92 Å². The van der Waals surface area contributed by atoms with E-state index < -0.39 is 0 Å². The smallest absolute Gasteiger partial charge is 0.205 e. The molecule has 0 bridgehead atoms. The number of hydrogen-bond donors (Lipinski definition) is 1. The maximum Gasteiger partial charge on any atom is 0.205 e. The summed E-state index contributed by atoms with van der Waals surface area (Å²) in [6, 6.07) is 15.9. The van der Waals surface area contributed by atoms with Gasteiger partial charge >= 0.3 is 0 Å². The number of rotatable bonds is 1. The van der Waals surface area contributed by atoms with Crippen LogP contribution >= 0.6 is 0 Å². The molecule has 3 nitrogen and oxygen atoms in total. The van der Waals surface area contributed by atoms with Gasteiger partial charge in [-0.05, 0) is 18.6 Å². The molecule has 0 saturated carbocycles. The van der Waals surface area contributed by atoms with Gasteiger partial charge in [-0.3, -0.25) is 4.79 Å². The normalized spacial score (nSPS) is 17.6. The number of carbonyl (C=O) groups excluding carboxylic acids is 1. The predicted octanol–water partition coefficient (Wildman–Crippen LogP) is 4.48. The molecule has 2 heterocycles. The number of carbonyl (C=O) groups is 1. The molecule has 1 atom stereocenters. The van der Waals surface area contributed by atoms with Gasteiger partial charge in [-0.2, -0.15) is 0 Å². The van der Waals surface area contributed by atoms with Crippen molar-refractivity contribution in [1.29, 1.82) is 0 Å². The van der Waals surface area contributed by atoms with E-state index in [1.54, 1.807) is 0 Å². The molecule has 3 aromatic rings. The van der Waals surface area contributed by atoms with Gasteiger partial charge < -0.3 is 9.73 Å². The summed E-state index contributed by atoms with van der Waals surface area (Å²) in [7, 11) is 0. The minimum absolute atomic E-state index is 0.0221. The minimum Gasteiger partial charge on any atom is -0.440 e. The van der Waals surface area contributed by atoms with Crippen LogP contribution in [0.1, 0.15) is 33.9 Å². The van der Waals surface area contributed by atoms with Crippen molar-refractivity contribution in [2.24, 2.45) is 0 Å². The van der Waals surface area contributed by atoms with Crippen LogP contribution in [0.5, 0.6) is 0 Å². The van der Waals surface area contributed by atoms with E-state index >= 15 is 0 Å². The zero-order valence-corrected chi connectivity index (χ0v) is 11.7. The average molecular weight is 277 g/mol. The molecule has 21 heavy (non-hydrogen) atoms. The highest BCUT2D eigenvalue weighted by molar-refractivity contribution is 6.13. The van der Waals surface area contributed by atoms with Crippen LogP contribution in [0.4, 0.5) is 5.88 Å². The third-order valence-corrected chi connectivity index (χ3v) is 4.05. The van der Waals surface area contributed by atoms with Gasteiger partial charge in [0, 0.05) is 11.8 Å². The first-order chi connectivity index (χ1) is 10.2. The summed E-state index contributed by atoms with van der Waals surface area (Å²) in [5.41, 5.74) is 3.77. The summed E-state index contributed by atoms with van der Waals surface area (Å²) in [4.78, 5) is 12.5. The van der Waals surface area contributed by atoms with E-state index in [0.717, 1.165) is 16.5 Å². The summed E-state index contributed by atoms with van der Waals surface area (Å²) < 4.78 is 5.80. The van der Waals surface area contributed by atoms with E-state index in [-0.39, 0.29) is 11.8 Å². The molecular formula is C18H15NO2. The first kappa shape index (κ1) is 12.2. The Morgan fingerprint density at radius 3 is 2.67 bits per heavy atom. The van der Waals surface area contributed by atoms with E-state index in [1.165, 1.54) is 5.56 Å². The molecule has 0 spiro atoms. The van der Waals surface area contributed by atoms with Crippen LogP contribution in [0.15, 0.2) is 52.9 Å². The zero-order valence-electron chi connectivity index (χ0n) is 11.7. The standard InChI is InChI=1S/C18H15NO2/c1-11-6-8-12(9-7-11)14-10-15(20)17-13-4-2-3-5-16(13)21-18(17)19-14/h2-9,14,19H,10H2,1H3. The Hall–Kier alpha value is -2.55. The van der Waals surface area contributed by atoms with E-state index in [2.05, 4.69) is 36.5 Å². The van der Waals surface area contributed by atoms with Gasteiger partial charge in [0.1, 0.15) is 5.58 Å². The molecule has 0 radical (unpaired) electrons. The number of benzene rings is 2. The second-order valence-electron chi connectivity index (χ2n) is 5.54. The number of fused-ring (bicyclic) bond motifs is 3. The molecule has 1 aliphatic heterocycles. The summed E-state index contributed by atoms with van der Waals surface area (Å²) in [5.74, 6) is 0.734. The average Bonchev–Trinajstić information content (AvgIpc) is 2.86. The Morgan fingerprint density at radius 1 is 1.10 bits per heavy atom. The van der Waals surface area contributed by atoms with Gasteiger partial charge in [-0.15, -0.1) is 0 Å². The molecule has 1 unspecified atom stereocenters. The summed E-state index contributed by atoms with van der Waals surface area (Å²) in [6.45, 7) is 2.06. The van der Waals surface area contributed by atoms with Crippen molar-refractivity contribution in [3.63, 3.8) is 0 Å². The highest BCUT2D eigenvalue weighted by Gasteiger charge is 2.30. The summed E-state index contributed by atoms with van der Waals surface area (Å²) in [6.07, 6.45) is 0.458. The number of anilines is 1. The molecule has 0 aliphatic carbocycles. The van der Waals surface area contributed by atoms with Crippen molar-refractivity contribution in [3.05, 3.63) is 65.2 Å². The number of aryl methyl sites for hydroxylation is 1. The molecule has 4 rings (SSSR count). The summed E-state index contributed by atoms with van der Waals surface area (Å²) in [5, 5.41) is 4.26. The van der Waals surface area contributed by atoms with Crippen LogP contribution in [0.3, 0.4) is 0 Å². The van der Waals surface area contributed by atoms with Crippen molar-refractivity contribution in [2.45, 2.75) is 19.4 Å². The van der Waals surface area contributed by atoms with Crippen molar-refractivity contribution >= 4 is 22.6 Å². The van der Waals surface area contributed by atoms with Crippen molar-refractivity contribution in [1.82, 2.24) is 0 Å². The monoisotopic (exact) mass is 277 g/mol. The largest absolute Gasteiger partial charge is 0.440 e. The number of ketones is 1. The number of hydrogen-bond acceptors (Lipinski definition) is 3. The molecule has 104 valence electrons. The van der Waals surface area contributed by atoms with Crippen LogP contribution in [0.2, 0.25) is 0 Å². The fourth-order valence-corrected chi connectivity index (χ4v) is 2.92. The van der Waals surface area contributed by atoms with Gasteiger partial charge in [0.15, 0.2) is 5.78 Å². The molecule has 2 aromatic carbocycles. The zero-order chi connectivity index (χ0) is 14.4. The predicted molar refractivity (Wildman–Crippen MR) is 82.7 cm³/mol. The lowest BCUT2D eigenvalue weighted by Crippen LogP contribution is -2.21. The second-order valence-corrected chi connectivity index (χ2v) is 5.54. The topological polar surface area (TPSA) is 42.2 Å². The molecule has 1 aromatic heterocycles. The first-order valence-corrected chi connectivity index (χ1v) is 7.10. The van der Waals surface area contributed by atoms with E-state index in [4.69, 9.17) is 4.42 Å². The Bertz CT molecular complexity index is 830. The maximum atomic E-state index is 12.5. The fourth-order valence-electron chi connectivity index (χ4n) is 2.92. The Morgan fingerprint density at radius 2 is 1.86 bits per heavy atom. The van der Waals surface area contributed by atoms with Gasteiger partial charge in [-0.25, -0.2) is 0 Å². The highest BCUT2D eigenvalue weighted by Crippen LogP contribution is 2.38. The third kappa shape index (κ3) is 1.93. The Kier molecular flexibility index (Phi) is 2.61. The van der Waals surface area contributed by atoms with Gasteiger partial charge in [0.05, 0.1) is 11.6 Å². The van der Waals surface area contributed by atoms with E-state index in [9.17, 15) is 4.79 Å². The highest BCUT2D eigenvalue weighted by atomic mass is 16.4. The lowest BCUT2D eigenvalue weighted by Gasteiger charge is -2.23. The molecule has 0 saturated heterocycles. The van der Waals surface area contributed by atoms with E-state index in [1.807, 2.05) is 24.3 Å². The van der Waals surface area contributed by atoms with Crippen LogP contribution in [0.25, 0.3) is 11.0 Å². The minimum atomic E-state index is -0.0221. The molecule has 0 fully saturated rings. The number of nitrogens with one attached hydrogen (secondary N) is 1. The van der Waals surface area contributed by atoms with Crippen molar-refractivity contribution in [3.8, 4) is 0 Å². The van der Waals surface area contributed by atoms with Crippen LogP contribution in [-0.2, 0) is 0 Å². The molecule has 1 N–H and O–H groups in total. The van der Waals surface area contributed by atoms with Crippen molar-refractivity contribution in [2.75, 3.05) is 5.32 Å².